The van der Waals surface area contributed by atoms with Gasteiger partial charge in [0.05, 0.1) is 78.1 Å². The van der Waals surface area contributed by atoms with Crippen LogP contribution in [0, 0.1) is 0 Å². The van der Waals surface area contributed by atoms with Crippen LogP contribution >= 0.6 is 0 Å². The van der Waals surface area contributed by atoms with Gasteiger partial charge < -0.3 is 18.9 Å². The predicted molar refractivity (Wildman–Crippen MR) is 455 cm³/mol. The summed E-state index contributed by atoms with van der Waals surface area (Å²) in [7, 11) is 0. The Morgan fingerprint density at radius 2 is 0.550 bits per heavy atom. The van der Waals surface area contributed by atoms with Crippen LogP contribution in [0.5, 0.6) is 0 Å². The number of hydrogen-bond acceptors (Lipinski definition) is 2. The number of aromatic nitrogens is 2. The molecule has 2 aliphatic heterocycles. The lowest BCUT2D eigenvalue weighted by Crippen LogP contribution is -2.31. The van der Waals surface area contributed by atoms with Gasteiger partial charge in [-0.05, 0) is 175 Å². The van der Waals surface area contributed by atoms with Crippen LogP contribution in [0.15, 0.2) is 400 Å². The van der Waals surface area contributed by atoms with E-state index in [0.29, 0.717) is 29.2 Å². The molecule has 0 saturated heterocycles. The minimum absolute atomic E-state index is 0.0604. The Morgan fingerprint density at radius 1 is 0.248 bits per heavy atom. The lowest BCUT2D eigenvalue weighted by molar-refractivity contribution is 0.869. The summed E-state index contributed by atoms with van der Waals surface area (Å²) in [6, 6.07) is 96.1. The normalized spacial score (nSPS) is 15.0. The van der Waals surface area contributed by atoms with Crippen LogP contribution in [0.1, 0.15) is 78.3 Å². The smallest absolute Gasteiger partial charge is 0.0645 e. The van der Waals surface area contributed by atoms with E-state index in [2.05, 4.69) is 168 Å². The second-order valence-corrected chi connectivity index (χ2v) is 28.2. The summed E-state index contributed by atoms with van der Waals surface area (Å²) < 4.78 is 156. The summed E-state index contributed by atoms with van der Waals surface area (Å²) in [6.45, 7) is 0. The minimum Gasteiger partial charge on any atom is -0.309 e. The largest absolute Gasteiger partial charge is 0.309 e. The fourth-order valence-electron chi connectivity index (χ4n) is 17.7. The zero-order valence-corrected chi connectivity index (χ0v) is 58.5. The van der Waals surface area contributed by atoms with Crippen molar-refractivity contribution < 1.29 is 21.9 Å². The highest BCUT2D eigenvalue weighted by molar-refractivity contribution is 6.13. The van der Waals surface area contributed by atoms with Crippen LogP contribution in [0.25, 0.3) is 122 Å². The summed E-state index contributed by atoms with van der Waals surface area (Å²) in [5.74, 6) is -1.30. The Bertz CT molecular complexity index is 7110. The Hall–Kier alpha value is -14.1. The average molecular weight is 1400 g/mol. The first-order valence-electron chi connectivity index (χ1n) is 44.7. The number of nitrogens with zero attached hydrogens (tertiary/aromatic N) is 4. The van der Waals surface area contributed by atoms with Gasteiger partial charge in [-0.2, -0.15) is 0 Å². The van der Waals surface area contributed by atoms with Crippen molar-refractivity contribution in [2.45, 2.75) is 18.3 Å². The molecule has 0 spiro atoms. The van der Waals surface area contributed by atoms with E-state index in [1.54, 1.807) is 9.13 Å². The number of fused-ring (bicyclic) bond motifs is 12. The van der Waals surface area contributed by atoms with Crippen LogP contribution in [0.3, 0.4) is 0 Å². The molecule has 0 amide bonds. The molecular formula is C105H70N4. The van der Waals surface area contributed by atoms with Gasteiger partial charge in [0.2, 0.25) is 0 Å². The van der Waals surface area contributed by atoms with Gasteiger partial charge in [0.15, 0.2) is 0 Å². The second-order valence-electron chi connectivity index (χ2n) is 28.2. The molecule has 4 heteroatoms. The van der Waals surface area contributed by atoms with E-state index in [0.717, 1.165) is 134 Å². The third kappa shape index (κ3) is 9.99. The van der Waals surface area contributed by atoms with Gasteiger partial charge in [0.25, 0.3) is 0 Å². The molecule has 0 unspecified atom stereocenters. The van der Waals surface area contributed by atoms with Gasteiger partial charge in [-0.1, -0.05) is 315 Å². The Kier molecular flexibility index (Phi) is 11.2. The van der Waals surface area contributed by atoms with E-state index in [1.807, 2.05) is 146 Å². The average Bonchev–Trinajstić information content (AvgIpc) is 1.42. The Labute approximate surface area is 656 Å². The van der Waals surface area contributed by atoms with Gasteiger partial charge in [-0.15, -0.1) is 0 Å². The first-order chi connectivity index (χ1) is 60.8. The molecule has 22 rings (SSSR count). The van der Waals surface area contributed by atoms with Gasteiger partial charge in [-0.25, -0.2) is 0 Å². The molecule has 19 aromatic rings. The van der Waals surface area contributed by atoms with E-state index >= 15 is 0 Å². The van der Waals surface area contributed by atoms with Crippen molar-refractivity contribution in [3.05, 3.63) is 445 Å². The first-order valence-corrected chi connectivity index (χ1v) is 36.7. The SMILES string of the molecule is [2H]c1c([2H])c([2H])c2c(c1[2H])c1c([2H])c([2H])c([2H])c([2H])c1n2-c1ccc2c(c1)N(c1c(-c3ccccc3)cc(-c3ccccc3)cc1-c1ccccc1)c1cc(C3c4ccccc4Cc4ccccc43)cc3c1C2c1ccc(-n2c4c([2H])c([2H])c([2H])c([2H])c4c4c([2H])c([2H])c([2H])c([2H])c42)cc1N3c1c(-c2ccccc2)cc(-c2ccccc2)cc1-c1ccccc1. The summed E-state index contributed by atoms with van der Waals surface area (Å²) in [6.07, 6.45) is 0.653. The maximum Gasteiger partial charge on any atom is 0.0645 e. The van der Waals surface area contributed by atoms with Crippen molar-refractivity contribution in [3.63, 3.8) is 0 Å². The van der Waals surface area contributed by atoms with Crippen molar-refractivity contribution in [2.75, 3.05) is 9.80 Å². The van der Waals surface area contributed by atoms with E-state index in [9.17, 15) is 21.9 Å². The second kappa shape index (κ2) is 25.3. The van der Waals surface area contributed by atoms with Gasteiger partial charge in [0.1, 0.15) is 0 Å². The van der Waals surface area contributed by atoms with Crippen LogP contribution in [-0.2, 0) is 6.42 Å². The summed E-state index contributed by atoms with van der Waals surface area (Å²) in [5.41, 5.74) is 22.5. The fraction of sp³-hybridized carbons (Fsp3) is 0.0286. The van der Waals surface area contributed by atoms with Crippen molar-refractivity contribution in [1.29, 1.82) is 0 Å². The zero-order chi connectivity index (χ0) is 85.5. The van der Waals surface area contributed by atoms with Gasteiger partial charge >= 0.3 is 0 Å². The molecule has 0 fully saturated rings. The number of anilines is 6. The highest BCUT2D eigenvalue weighted by Gasteiger charge is 2.45. The molecular weight excluding hydrogens is 1320 g/mol. The summed E-state index contributed by atoms with van der Waals surface area (Å²) in [5, 5.41) is -0.324. The van der Waals surface area contributed by atoms with Crippen LogP contribution in [0.2, 0.25) is 0 Å². The first kappa shape index (κ1) is 48.1. The molecule has 0 radical (unpaired) electrons. The van der Waals surface area contributed by atoms with Crippen LogP contribution < -0.4 is 9.80 Å². The minimum atomic E-state index is -0.825. The molecule has 0 atom stereocenters. The van der Waals surface area contributed by atoms with Crippen LogP contribution in [0.4, 0.5) is 34.1 Å². The Balaban J connectivity index is 0.977. The molecule has 1 aliphatic carbocycles. The fourth-order valence-corrected chi connectivity index (χ4v) is 17.7. The molecule has 17 aromatic carbocycles. The van der Waals surface area contributed by atoms with Gasteiger partial charge in [-0.3, -0.25) is 0 Å². The number of hydrogen-bond donors (Lipinski definition) is 0. The zero-order valence-electron chi connectivity index (χ0n) is 74.5. The number of benzene rings is 17. The van der Waals surface area contributed by atoms with E-state index in [4.69, 9.17) is 0 Å². The number of rotatable bonds is 11. The molecule has 510 valence electrons. The molecule has 4 heterocycles. The predicted octanol–water partition coefficient (Wildman–Crippen LogP) is 27.7. The molecule has 0 bridgehead atoms. The van der Waals surface area contributed by atoms with Crippen LogP contribution in [-0.4, -0.2) is 9.13 Å². The van der Waals surface area contributed by atoms with Crippen molar-refractivity contribution in [1.82, 2.24) is 9.13 Å². The molecule has 109 heavy (non-hydrogen) atoms. The van der Waals surface area contributed by atoms with E-state index in [-0.39, 0.29) is 43.6 Å². The molecule has 2 aromatic heterocycles. The Morgan fingerprint density at radius 3 is 0.890 bits per heavy atom. The third-order valence-electron chi connectivity index (χ3n) is 22.3. The van der Waals surface area contributed by atoms with E-state index < -0.39 is 109 Å². The van der Waals surface area contributed by atoms with Crippen molar-refractivity contribution >= 4 is 77.7 Å². The van der Waals surface area contributed by atoms with Crippen molar-refractivity contribution in [3.8, 4) is 78.1 Å². The maximum atomic E-state index is 10.0. The summed E-state index contributed by atoms with van der Waals surface area (Å²) >= 11 is 0. The monoisotopic (exact) mass is 1400 g/mol. The highest BCUT2D eigenvalue weighted by Crippen LogP contribution is 2.66. The topological polar surface area (TPSA) is 16.3 Å². The van der Waals surface area contributed by atoms with E-state index in [1.165, 1.54) is 0 Å². The maximum absolute atomic E-state index is 10.0. The lowest BCUT2D eigenvalue weighted by atomic mass is 9.71. The summed E-state index contributed by atoms with van der Waals surface area (Å²) in [4.78, 5) is 4.72. The third-order valence-corrected chi connectivity index (χ3v) is 22.3. The highest BCUT2D eigenvalue weighted by atomic mass is 15.2. The number of para-hydroxylation sites is 4. The van der Waals surface area contributed by atoms with Crippen molar-refractivity contribution in [2.24, 2.45) is 0 Å². The molecule has 0 saturated carbocycles. The standard InChI is InChI=1S/C105H70N4/c1-7-31-68(32-8-1)76-60-89(70-35-11-3-12-36-70)104(90(61-76)71-37-13-4-14-38-71)108-97-66-79(106-93-51-27-23-47-83(93)84-48-24-28-52-94(84)106)55-57-87(97)102-88-58-56-80(107-95-53-29-25-49-85(95)86-50-26-30-54-96(86)107)67-98(88)109(100-65-78(64-99(108)103(100)102)101-81-45-21-19-43-74(81)59-75-44-20-22-46-82(75)101)105-91(72-39-15-5-16-40-72)62-77(69-33-9-2-10-34-69)63-92(105)73-41-17-6-18-42-73/h1-58,60-67,101-102H,59H2/i23D,24D,25D,26D,27D,28D,29D,30D,47D,48D,49D,50D,51D,52D,53D,54D. The lowest BCUT2D eigenvalue weighted by Gasteiger charge is -2.47. The molecule has 4 nitrogen and oxygen atoms in total. The quantitative estimate of drug-likeness (QED) is 0.128. The van der Waals surface area contributed by atoms with Gasteiger partial charge in [0, 0.05) is 72.6 Å². The molecule has 3 aliphatic rings. The molecule has 0 N–H and O–H groups in total.